The largest absolute Gasteiger partial charge is 0.497 e. The number of aromatic nitrogens is 1. The van der Waals surface area contributed by atoms with Crippen molar-refractivity contribution < 1.29 is 23.8 Å². The van der Waals surface area contributed by atoms with Gasteiger partial charge in [-0.25, -0.2) is 4.79 Å². The molecule has 2 aromatic rings. The van der Waals surface area contributed by atoms with Crippen LogP contribution in [-0.2, 0) is 4.74 Å². The molecule has 6 nitrogen and oxygen atoms in total. The van der Waals surface area contributed by atoms with Gasteiger partial charge in [0.2, 0.25) is 5.78 Å². The molecule has 26 heavy (non-hydrogen) atoms. The second kappa shape index (κ2) is 8.38. The van der Waals surface area contributed by atoms with Gasteiger partial charge >= 0.3 is 5.97 Å². The molecule has 0 spiro atoms. The molecule has 0 amide bonds. The Morgan fingerprint density at radius 2 is 1.88 bits per heavy atom. The lowest BCUT2D eigenvalue weighted by Crippen LogP contribution is -2.07. The summed E-state index contributed by atoms with van der Waals surface area (Å²) >= 11 is 0. The molecular weight excluding hydrogens is 334 g/mol. The number of methoxy groups -OCH3 is 2. The van der Waals surface area contributed by atoms with Crippen LogP contribution in [0.15, 0.2) is 24.3 Å². The van der Waals surface area contributed by atoms with E-state index in [0.717, 1.165) is 5.56 Å². The molecule has 1 heterocycles. The minimum Gasteiger partial charge on any atom is -0.497 e. The molecule has 0 radical (unpaired) electrons. The number of allylic oxidation sites excluding steroid dienone is 1. The SMILES string of the molecule is CCOC(=O)c1c(C)[nH]c(C(=O)/C=C/c2ccc(OC)cc2OC)c1C. The molecule has 0 saturated heterocycles. The van der Waals surface area contributed by atoms with Crippen LogP contribution in [0, 0.1) is 13.8 Å². The molecule has 0 aliphatic heterocycles. The maximum atomic E-state index is 12.6. The Balaban J connectivity index is 2.30. The van der Waals surface area contributed by atoms with Gasteiger partial charge in [-0.15, -0.1) is 0 Å². The van der Waals surface area contributed by atoms with Gasteiger partial charge < -0.3 is 19.2 Å². The third kappa shape index (κ3) is 3.96. The van der Waals surface area contributed by atoms with Crippen molar-refractivity contribution in [3.8, 4) is 11.5 Å². The summed E-state index contributed by atoms with van der Waals surface area (Å²) in [6.07, 6.45) is 3.11. The van der Waals surface area contributed by atoms with Crippen LogP contribution in [0.2, 0.25) is 0 Å². The molecule has 0 saturated carbocycles. The molecule has 1 N–H and O–H groups in total. The van der Waals surface area contributed by atoms with Crippen molar-refractivity contribution in [3.63, 3.8) is 0 Å². The van der Waals surface area contributed by atoms with E-state index in [4.69, 9.17) is 14.2 Å². The van der Waals surface area contributed by atoms with E-state index in [1.807, 2.05) is 0 Å². The molecule has 2 rings (SSSR count). The number of aryl methyl sites for hydroxylation is 1. The fourth-order valence-electron chi connectivity index (χ4n) is 2.71. The lowest BCUT2D eigenvalue weighted by Gasteiger charge is -2.07. The van der Waals surface area contributed by atoms with E-state index in [2.05, 4.69) is 4.98 Å². The second-order valence-electron chi connectivity index (χ2n) is 5.65. The zero-order chi connectivity index (χ0) is 19.3. The first-order valence-corrected chi connectivity index (χ1v) is 8.23. The van der Waals surface area contributed by atoms with Crippen molar-refractivity contribution in [2.45, 2.75) is 20.8 Å². The summed E-state index contributed by atoms with van der Waals surface area (Å²) in [6, 6.07) is 5.33. The molecule has 0 aliphatic carbocycles. The van der Waals surface area contributed by atoms with Crippen LogP contribution in [0.4, 0.5) is 0 Å². The van der Waals surface area contributed by atoms with E-state index < -0.39 is 5.97 Å². The van der Waals surface area contributed by atoms with Gasteiger partial charge in [-0.1, -0.05) is 0 Å². The number of hydrogen-bond donors (Lipinski definition) is 1. The Kier molecular flexibility index (Phi) is 6.22. The topological polar surface area (TPSA) is 77.6 Å². The Morgan fingerprint density at radius 3 is 2.50 bits per heavy atom. The number of ether oxygens (including phenoxy) is 3. The Bertz CT molecular complexity index is 848. The maximum absolute atomic E-state index is 12.6. The van der Waals surface area contributed by atoms with Gasteiger partial charge in [-0.2, -0.15) is 0 Å². The van der Waals surface area contributed by atoms with Gasteiger partial charge in [0, 0.05) is 17.3 Å². The smallest absolute Gasteiger partial charge is 0.340 e. The molecular formula is C20H23NO5. The number of carbonyl (C=O) groups is 2. The van der Waals surface area contributed by atoms with E-state index in [0.29, 0.717) is 34.0 Å². The van der Waals surface area contributed by atoms with Crippen LogP contribution in [0.1, 0.15) is 44.6 Å². The standard InChI is InChI=1S/C20H23NO5/c1-6-26-20(23)18-12(2)19(21-13(18)3)16(22)10-8-14-7-9-15(24-4)11-17(14)25-5/h7-11,21H,6H2,1-5H3/b10-8+. The van der Waals surface area contributed by atoms with Crippen LogP contribution in [0.25, 0.3) is 6.08 Å². The van der Waals surface area contributed by atoms with Crippen LogP contribution >= 0.6 is 0 Å². The van der Waals surface area contributed by atoms with E-state index in [9.17, 15) is 9.59 Å². The second-order valence-corrected chi connectivity index (χ2v) is 5.65. The number of hydrogen-bond acceptors (Lipinski definition) is 5. The van der Waals surface area contributed by atoms with E-state index >= 15 is 0 Å². The molecule has 0 fully saturated rings. The summed E-state index contributed by atoms with van der Waals surface area (Å²) in [5, 5.41) is 0. The van der Waals surface area contributed by atoms with Crippen molar-refractivity contribution >= 4 is 17.8 Å². The first-order valence-electron chi connectivity index (χ1n) is 8.23. The van der Waals surface area contributed by atoms with Crippen molar-refractivity contribution in [3.05, 3.63) is 52.4 Å². The molecule has 0 atom stereocenters. The van der Waals surface area contributed by atoms with E-state index in [1.165, 1.54) is 6.08 Å². The minimum absolute atomic E-state index is 0.237. The zero-order valence-corrected chi connectivity index (χ0v) is 15.6. The molecule has 0 unspecified atom stereocenters. The van der Waals surface area contributed by atoms with Crippen molar-refractivity contribution in [1.29, 1.82) is 0 Å². The number of benzene rings is 1. The average molecular weight is 357 g/mol. The molecule has 0 bridgehead atoms. The number of ketones is 1. The van der Waals surface area contributed by atoms with Crippen LogP contribution in [0.5, 0.6) is 11.5 Å². The van der Waals surface area contributed by atoms with Gasteiger partial charge in [0.1, 0.15) is 11.5 Å². The first-order chi connectivity index (χ1) is 12.4. The summed E-state index contributed by atoms with van der Waals surface area (Å²) in [7, 11) is 3.13. The summed E-state index contributed by atoms with van der Waals surface area (Å²) in [5.41, 5.74) is 2.71. The number of carbonyl (C=O) groups excluding carboxylic acids is 2. The summed E-state index contributed by atoms with van der Waals surface area (Å²) in [5.74, 6) is 0.595. The van der Waals surface area contributed by atoms with E-state index in [-0.39, 0.29) is 12.4 Å². The first kappa shape index (κ1) is 19.3. The zero-order valence-electron chi connectivity index (χ0n) is 15.6. The van der Waals surface area contributed by atoms with Crippen molar-refractivity contribution in [2.24, 2.45) is 0 Å². The summed E-state index contributed by atoms with van der Waals surface area (Å²) in [6.45, 7) is 5.49. The van der Waals surface area contributed by atoms with Gasteiger partial charge in [0.25, 0.3) is 0 Å². The molecule has 1 aromatic heterocycles. The van der Waals surface area contributed by atoms with Crippen molar-refractivity contribution in [2.75, 3.05) is 20.8 Å². The number of aromatic amines is 1. The molecule has 0 aliphatic rings. The maximum Gasteiger partial charge on any atom is 0.340 e. The average Bonchev–Trinajstić information content (AvgIpc) is 2.94. The summed E-state index contributed by atoms with van der Waals surface area (Å²) < 4.78 is 15.5. The quantitative estimate of drug-likeness (QED) is 0.464. The Labute approximate surface area is 152 Å². The highest BCUT2D eigenvalue weighted by molar-refractivity contribution is 6.09. The van der Waals surface area contributed by atoms with Gasteiger partial charge in [-0.05, 0) is 50.6 Å². The lowest BCUT2D eigenvalue weighted by atomic mass is 10.1. The van der Waals surface area contributed by atoms with Crippen LogP contribution < -0.4 is 9.47 Å². The third-order valence-electron chi connectivity index (χ3n) is 4.02. The number of nitrogens with one attached hydrogen (secondary N) is 1. The highest BCUT2D eigenvalue weighted by Crippen LogP contribution is 2.26. The van der Waals surface area contributed by atoms with E-state index in [1.54, 1.807) is 59.3 Å². The van der Waals surface area contributed by atoms with Gasteiger partial charge in [0.15, 0.2) is 0 Å². The molecule has 1 aromatic carbocycles. The molecule has 6 heteroatoms. The fraction of sp³-hybridized carbons (Fsp3) is 0.300. The van der Waals surface area contributed by atoms with Crippen LogP contribution in [0.3, 0.4) is 0 Å². The number of esters is 1. The van der Waals surface area contributed by atoms with Gasteiger partial charge in [-0.3, -0.25) is 4.79 Å². The number of H-pyrrole nitrogens is 1. The lowest BCUT2D eigenvalue weighted by molar-refractivity contribution is 0.0525. The summed E-state index contributed by atoms with van der Waals surface area (Å²) in [4.78, 5) is 27.6. The monoisotopic (exact) mass is 357 g/mol. The number of rotatable bonds is 7. The predicted molar refractivity (Wildman–Crippen MR) is 99.1 cm³/mol. The highest BCUT2D eigenvalue weighted by Gasteiger charge is 2.21. The van der Waals surface area contributed by atoms with Crippen LogP contribution in [-0.4, -0.2) is 37.6 Å². The predicted octanol–water partition coefficient (Wildman–Crippen LogP) is 3.72. The Hall–Kier alpha value is -3.02. The minimum atomic E-state index is -0.432. The van der Waals surface area contributed by atoms with Crippen molar-refractivity contribution in [1.82, 2.24) is 4.98 Å². The third-order valence-corrected chi connectivity index (χ3v) is 4.02. The highest BCUT2D eigenvalue weighted by atomic mass is 16.5. The fourth-order valence-corrected chi connectivity index (χ4v) is 2.71. The van der Waals surface area contributed by atoms with Gasteiger partial charge in [0.05, 0.1) is 32.1 Å². The molecule has 138 valence electrons. The normalized spacial score (nSPS) is 10.8. The Morgan fingerprint density at radius 1 is 1.15 bits per heavy atom.